The first kappa shape index (κ1) is 15.2. The second-order valence-electron chi connectivity index (χ2n) is 5.32. The number of benzene rings is 2. The van der Waals surface area contributed by atoms with Gasteiger partial charge in [0.25, 0.3) is 0 Å². The number of hydrogen-bond acceptors (Lipinski definition) is 4. The Morgan fingerprint density at radius 2 is 1.70 bits per heavy atom. The largest absolute Gasteiger partial charge is 0.378 e. The van der Waals surface area contributed by atoms with Crippen molar-refractivity contribution in [1.82, 2.24) is 9.97 Å². The second-order valence-corrected chi connectivity index (χ2v) is 5.73. The Bertz CT molecular complexity index is 830. The summed E-state index contributed by atoms with van der Waals surface area (Å²) in [5.74, 6) is 0. The highest BCUT2D eigenvalue weighted by atomic mass is 32.1. The van der Waals surface area contributed by atoms with Crippen LogP contribution in [0, 0.1) is 0 Å². The molecule has 0 radical (unpaired) electrons. The Morgan fingerprint density at radius 1 is 1.00 bits per heavy atom. The summed E-state index contributed by atoms with van der Waals surface area (Å²) in [6, 6.07) is 13.9. The van der Waals surface area contributed by atoms with Crippen LogP contribution in [0.15, 0.2) is 55.0 Å². The molecule has 0 fully saturated rings. The van der Waals surface area contributed by atoms with Crippen LogP contribution in [0.3, 0.4) is 0 Å². The van der Waals surface area contributed by atoms with Crippen LogP contribution < -0.4 is 15.5 Å². The monoisotopic (exact) mass is 323 g/mol. The molecule has 0 aliphatic carbocycles. The number of fused-ring (bicyclic) bond motifs is 1. The summed E-state index contributed by atoms with van der Waals surface area (Å²) in [6.45, 7) is 0. The second kappa shape index (κ2) is 6.58. The standard InChI is InChI=1S/C17H17N5S/c1-22(2)15-6-3-13(4-7-15)20-17(23)21-14-5-8-16-12(9-14)10-18-11-19-16/h3-11H,1-2H3,(H2,20,21,23). The molecule has 0 spiro atoms. The maximum absolute atomic E-state index is 5.36. The van der Waals surface area contributed by atoms with Crippen molar-refractivity contribution in [3.63, 3.8) is 0 Å². The molecule has 23 heavy (non-hydrogen) atoms. The number of nitrogens with one attached hydrogen (secondary N) is 2. The zero-order valence-electron chi connectivity index (χ0n) is 12.9. The van der Waals surface area contributed by atoms with Crippen LogP contribution in [0.2, 0.25) is 0 Å². The molecule has 0 unspecified atom stereocenters. The van der Waals surface area contributed by atoms with Gasteiger partial charge in [-0.3, -0.25) is 0 Å². The maximum atomic E-state index is 5.36. The lowest BCUT2D eigenvalue weighted by molar-refractivity contribution is 1.13. The van der Waals surface area contributed by atoms with E-state index in [1.165, 1.54) is 0 Å². The fraction of sp³-hybridized carbons (Fsp3) is 0.118. The number of nitrogens with zero attached hydrogens (tertiary/aromatic N) is 3. The number of anilines is 3. The molecule has 0 aliphatic rings. The zero-order chi connectivity index (χ0) is 16.2. The third kappa shape index (κ3) is 3.73. The average molecular weight is 323 g/mol. The van der Waals surface area contributed by atoms with Crippen molar-refractivity contribution >= 4 is 45.3 Å². The summed E-state index contributed by atoms with van der Waals surface area (Å²) < 4.78 is 0. The molecule has 0 amide bonds. The van der Waals surface area contributed by atoms with Gasteiger partial charge in [-0.05, 0) is 54.7 Å². The SMILES string of the molecule is CN(C)c1ccc(NC(=S)Nc2ccc3ncncc3c2)cc1. The molecule has 0 aliphatic heterocycles. The van der Waals surface area contributed by atoms with E-state index in [1.54, 1.807) is 12.5 Å². The molecule has 5 nitrogen and oxygen atoms in total. The van der Waals surface area contributed by atoms with Crippen LogP contribution in [-0.2, 0) is 0 Å². The third-order valence-electron chi connectivity index (χ3n) is 3.40. The molecule has 1 heterocycles. The Kier molecular flexibility index (Phi) is 4.34. The van der Waals surface area contributed by atoms with Crippen LogP contribution in [-0.4, -0.2) is 29.2 Å². The first-order chi connectivity index (χ1) is 11.1. The van der Waals surface area contributed by atoms with E-state index < -0.39 is 0 Å². The van der Waals surface area contributed by atoms with Gasteiger partial charge in [0, 0.05) is 42.7 Å². The van der Waals surface area contributed by atoms with Crippen LogP contribution in [0.1, 0.15) is 0 Å². The lowest BCUT2D eigenvalue weighted by Gasteiger charge is -2.14. The number of rotatable bonds is 3. The fourth-order valence-corrected chi connectivity index (χ4v) is 2.43. The molecule has 116 valence electrons. The van der Waals surface area contributed by atoms with Gasteiger partial charge in [0.05, 0.1) is 5.52 Å². The van der Waals surface area contributed by atoms with E-state index in [0.717, 1.165) is 28.0 Å². The van der Waals surface area contributed by atoms with Crippen molar-refractivity contribution in [2.24, 2.45) is 0 Å². The molecule has 2 aromatic carbocycles. The van der Waals surface area contributed by atoms with E-state index in [0.29, 0.717) is 5.11 Å². The third-order valence-corrected chi connectivity index (χ3v) is 3.61. The summed E-state index contributed by atoms with van der Waals surface area (Å²) >= 11 is 5.36. The van der Waals surface area contributed by atoms with Crippen LogP contribution in [0.5, 0.6) is 0 Å². The molecule has 3 rings (SSSR count). The first-order valence-electron chi connectivity index (χ1n) is 7.17. The quantitative estimate of drug-likeness (QED) is 0.720. The Hall–Kier alpha value is -2.73. The summed E-state index contributed by atoms with van der Waals surface area (Å²) in [7, 11) is 4.02. The van der Waals surface area contributed by atoms with Gasteiger partial charge in [-0.15, -0.1) is 0 Å². The predicted octanol–water partition coefficient (Wildman–Crippen LogP) is 3.50. The minimum Gasteiger partial charge on any atom is -0.378 e. The summed E-state index contributed by atoms with van der Waals surface area (Å²) in [4.78, 5) is 10.3. The molecule has 0 atom stereocenters. The number of hydrogen-bond donors (Lipinski definition) is 2. The van der Waals surface area contributed by atoms with Gasteiger partial charge < -0.3 is 15.5 Å². The summed E-state index contributed by atoms with van der Waals surface area (Å²) in [5.41, 5.74) is 3.89. The van der Waals surface area contributed by atoms with E-state index in [-0.39, 0.29) is 0 Å². The molecule has 1 aromatic heterocycles. The minimum absolute atomic E-state index is 0.541. The van der Waals surface area contributed by atoms with Crippen molar-refractivity contribution in [2.45, 2.75) is 0 Å². The molecular formula is C17H17N5S. The van der Waals surface area contributed by atoms with E-state index in [4.69, 9.17) is 12.2 Å². The van der Waals surface area contributed by atoms with Gasteiger partial charge in [0.2, 0.25) is 0 Å². The van der Waals surface area contributed by atoms with Crippen LogP contribution in [0.25, 0.3) is 10.9 Å². The molecular weight excluding hydrogens is 306 g/mol. The van der Waals surface area contributed by atoms with Gasteiger partial charge in [-0.1, -0.05) is 0 Å². The maximum Gasteiger partial charge on any atom is 0.175 e. The van der Waals surface area contributed by atoms with Crippen molar-refractivity contribution in [3.8, 4) is 0 Å². The summed E-state index contributed by atoms with van der Waals surface area (Å²) in [6.07, 6.45) is 3.32. The topological polar surface area (TPSA) is 53.1 Å². The molecule has 2 N–H and O–H groups in total. The van der Waals surface area contributed by atoms with Crippen LogP contribution in [0.4, 0.5) is 17.1 Å². The van der Waals surface area contributed by atoms with Gasteiger partial charge >= 0.3 is 0 Å². The van der Waals surface area contributed by atoms with E-state index >= 15 is 0 Å². The normalized spacial score (nSPS) is 10.3. The fourth-order valence-electron chi connectivity index (χ4n) is 2.20. The van der Waals surface area contributed by atoms with Crippen molar-refractivity contribution in [2.75, 3.05) is 29.6 Å². The average Bonchev–Trinajstić information content (AvgIpc) is 2.55. The lowest BCUT2D eigenvalue weighted by Crippen LogP contribution is -2.19. The Labute approximate surface area is 140 Å². The zero-order valence-corrected chi connectivity index (χ0v) is 13.8. The first-order valence-corrected chi connectivity index (χ1v) is 7.58. The highest BCUT2D eigenvalue weighted by molar-refractivity contribution is 7.80. The van der Waals surface area contributed by atoms with Gasteiger partial charge in [0.1, 0.15) is 6.33 Å². The van der Waals surface area contributed by atoms with Gasteiger partial charge in [0.15, 0.2) is 5.11 Å². The minimum atomic E-state index is 0.541. The molecule has 3 aromatic rings. The lowest BCUT2D eigenvalue weighted by atomic mass is 10.2. The summed E-state index contributed by atoms with van der Waals surface area (Å²) in [5, 5.41) is 7.86. The number of aromatic nitrogens is 2. The molecule has 6 heteroatoms. The van der Waals surface area contributed by atoms with Gasteiger partial charge in [-0.2, -0.15) is 0 Å². The van der Waals surface area contributed by atoms with Gasteiger partial charge in [-0.25, -0.2) is 9.97 Å². The Morgan fingerprint density at radius 3 is 2.43 bits per heavy atom. The molecule has 0 saturated heterocycles. The highest BCUT2D eigenvalue weighted by Crippen LogP contribution is 2.18. The van der Waals surface area contributed by atoms with E-state index in [1.807, 2.05) is 56.6 Å². The van der Waals surface area contributed by atoms with E-state index in [2.05, 4.69) is 25.5 Å². The van der Waals surface area contributed by atoms with Crippen molar-refractivity contribution in [1.29, 1.82) is 0 Å². The predicted molar refractivity (Wildman–Crippen MR) is 100 cm³/mol. The van der Waals surface area contributed by atoms with Crippen molar-refractivity contribution in [3.05, 3.63) is 55.0 Å². The smallest absolute Gasteiger partial charge is 0.175 e. The number of thiocarbonyl (C=S) groups is 1. The highest BCUT2D eigenvalue weighted by Gasteiger charge is 2.02. The molecule has 0 saturated carbocycles. The van der Waals surface area contributed by atoms with Crippen LogP contribution >= 0.6 is 12.2 Å². The van der Waals surface area contributed by atoms with Crippen molar-refractivity contribution < 1.29 is 0 Å². The Balaban J connectivity index is 1.68. The molecule has 0 bridgehead atoms. The van der Waals surface area contributed by atoms with E-state index in [9.17, 15) is 0 Å².